The van der Waals surface area contributed by atoms with Crippen molar-refractivity contribution in [2.75, 3.05) is 11.6 Å². The van der Waals surface area contributed by atoms with Crippen LogP contribution in [-0.4, -0.2) is 19.4 Å². The summed E-state index contributed by atoms with van der Waals surface area (Å²) >= 11 is 0. The Balaban J connectivity index is 2.48. The zero-order valence-electron chi connectivity index (χ0n) is 10.4. The number of nitrogens with zero attached hydrogens (tertiary/aromatic N) is 4. The first-order valence-electron chi connectivity index (χ1n) is 5.70. The van der Waals surface area contributed by atoms with Crippen molar-refractivity contribution in [2.24, 2.45) is 0 Å². The van der Waals surface area contributed by atoms with Crippen molar-refractivity contribution in [2.45, 2.75) is 33.2 Å². The number of nitrogen functional groups attached to an aromatic ring is 2. The number of nitrogens with two attached hydrogens (primary N) is 2. The molecule has 2 rings (SSSR count). The molecule has 0 fully saturated rings. The molecule has 4 N–H and O–H groups in total. The summed E-state index contributed by atoms with van der Waals surface area (Å²) in [5.74, 6) is 7.37. The van der Waals surface area contributed by atoms with Crippen LogP contribution in [0.15, 0.2) is 12.4 Å². The Morgan fingerprint density at radius 1 is 1.41 bits per heavy atom. The van der Waals surface area contributed by atoms with Crippen molar-refractivity contribution >= 4 is 5.82 Å². The lowest BCUT2D eigenvalue weighted by Crippen LogP contribution is -2.16. The van der Waals surface area contributed by atoms with Crippen LogP contribution >= 0.6 is 0 Å². The third kappa shape index (κ3) is 1.86. The average molecular weight is 234 g/mol. The van der Waals surface area contributed by atoms with E-state index in [9.17, 15) is 0 Å². The highest BCUT2D eigenvalue weighted by molar-refractivity contribution is 5.70. The molecule has 0 spiro atoms. The Kier molecular flexibility index (Phi) is 2.79. The van der Waals surface area contributed by atoms with Crippen molar-refractivity contribution in [3.05, 3.63) is 18.2 Å². The van der Waals surface area contributed by atoms with E-state index in [4.69, 9.17) is 11.6 Å². The number of anilines is 1. The molecule has 0 bridgehead atoms. The third-order valence-electron chi connectivity index (χ3n) is 2.72. The molecule has 6 nitrogen and oxygen atoms in total. The van der Waals surface area contributed by atoms with E-state index in [0.29, 0.717) is 11.5 Å². The van der Waals surface area contributed by atoms with Crippen molar-refractivity contribution in [1.29, 1.82) is 0 Å². The SMILES string of the molecule is CCn1cc(-c2nc(C(C)C)n(N)c2N)cn1. The van der Waals surface area contributed by atoms with Gasteiger partial charge in [-0.05, 0) is 6.92 Å². The topological polar surface area (TPSA) is 87.7 Å². The predicted octanol–water partition coefficient (Wildman–Crippen LogP) is 1.19. The summed E-state index contributed by atoms with van der Waals surface area (Å²) < 4.78 is 3.28. The maximum absolute atomic E-state index is 5.96. The molecule has 0 aliphatic carbocycles. The third-order valence-corrected chi connectivity index (χ3v) is 2.72. The fourth-order valence-corrected chi connectivity index (χ4v) is 1.74. The van der Waals surface area contributed by atoms with Crippen LogP contribution in [0.3, 0.4) is 0 Å². The zero-order valence-corrected chi connectivity index (χ0v) is 10.4. The number of aryl methyl sites for hydroxylation is 1. The van der Waals surface area contributed by atoms with Gasteiger partial charge in [-0.3, -0.25) is 4.68 Å². The van der Waals surface area contributed by atoms with Gasteiger partial charge in [0.1, 0.15) is 11.5 Å². The van der Waals surface area contributed by atoms with Gasteiger partial charge in [0.15, 0.2) is 5.82 Å². The average Bonchev–Trinajstić information content (AvgIpc) is 2.86. The van der Waals surface area contributed by atoms with Gasteiger partial charge in [0.2, 0.25) is 0 Å². The van der Waals surface area contributed by atoms with Crippen LogP contribution in [0.5, 0.6) is 0 Å². The van der Waals surface area contributed by atoms with E-state index in [-0.39, 0.29) is 5.92 Å². The largest absolute Gasteiger partial charge is 0.382 e. The van der Waals surface area contributed by atoms with Gasteiger partial charge >= 0.3 is 0 Å². The van der Waals surface area contributed by atoms with Crippen LogP contribution in [0.2, 0.25) is 0 Å². The second-order valence-electron chi connectivity index (χ2n) is 4.31. The number of hydrogen-bond donors (Lipinski definition) is 2. The van der Waals surface area contributed by atoms with E-state index in [1.165, 1.54) is 4.68 Å². The van der Waals surface area contributed by atoms with Gasteiger partial charge in [-0.25, -0.2) is 9.66 Å². The van der Waals surface area contributed by atoms with Gasteiger partial charge in [0.25, 0.3) is 0 Å². The minimum Gasteiger partial charge on any atom is -0.382 e. The Bertz CT molecular complexity index is 522. The Morgan fingerprint density at radius 3 is 2.59 bits per heavy atom. The minimum atomic E-state index is 0.234. The standard InChI is InChI=1S/C11H18N6/c1-4-16-6-8(5-14-16)9-10(12)17(13)11(15-9)7(2)3/h5-7H,4,12-13H2,1-3H3. The molecule has 0 aromatic carbocycles. The van der Waals surface area contributed by atoms with Crippen LogP contribution in [0.1, 0.15) is 32.5 Å². The number of imidazole rings is 1. The zero-order chi connectivity index (χ0) is 12.6. The van der Waals surface area contributed by atoms with Crippen molar-refractivity contribution < 1.29 is 0 Å². The molecule has 0 radical (unpaired) electrons. The first-order valence-corrected chi connectivity index (χ1v) is 5.70. The number of rotatable bonds is 3. The van der Waals surface area contributed by atoms with Crippen molar-refractivity contribution in [3.8, 4) is 11.3 Å². The first kappa shape index (κ1) is 11.5. The second-order valence-corrected chi connectivity index (χ2v) is 4.31. The molecule has 0 atom stereocenters. The van der Waals surface area contributed by atoms with Gasteiger partial charge in [0, 0.05) is 24.2 Å². The lowest BCUT2D eigenvalue weighted by atomic mass is 10.2. The summed E-state index contributed by atoms with van der Waals surface area (Å²) in [6, 6.07) is 0. The van der Waals surface area contributed by atoms with Gasteiger partial charge in [0.05, 0.1) is 6.20 Å². The first-order chi connectivity index (χ1) is 8.04. The molecule has 92 valence electrons. The van der Waals surface area contributed by atoms with Crippen LogP contribution in [-0.2, 0) is 6.54 Å². The summed E-state index contributed by atoms with van der Waals surface area (Å²) in [5, 5.41) is 4.21. The van der Waals surface area contributed by atoms with Crippen LogP contribution < -0.4 is 11.6 Å². The highest BCUT2D eigenvalue weighted by Crippen LogP contribution is 2.27. The van der Waals surface area contributed by atoms with Crippen LogP contribution in [0.25, 0.3) is 11.3 Å². The van der Waals surface area contributed by atoms with Gasteiger partial charge < -0.3 is 11.6 Å². The molecule has 0 saturated carbocycles. The summed E-state index contributed by atoms with van der Waals surface area (Å²) in [7, 11) is 0. The lowest BCUT2D eigenvalue weighted by molar-refractivity contribution is 0.660. The van der Waals surface area contributed by atoms with Crippen LogP contribution in [0, 0.1) is 0 Å². The molecule has 0 aliphatic rings. The maximum Gasteiger partial charge on any atom is 0.150 e. The molecule has 6 heteroatoms. The maximum atomic E-state index is 5.96. The van der Waals surface area contributed by atoms with E-state index in [2.05, 4.69) is 10.1 Å². The highest BCUT2D eigenvalue weighted by Gasteiger charge is 2.17. The number of aromatic nitrogens is 4. The summed E-state index contributed by atoms with van der Waals surface area (Å²) in [6.45, 7) is 6.91. The Labute approximate surface area is 100 Å². The molecule has 0 aliphatic heterocycles. The fourth-order valence-electron chi connectivity index (χ4n) is 1.74. The van der Waals surface area contributed by atoms with Crippen molar-refractivity contribution in [3.63, 3.8) is 0 Å². The van der Waals surface area contributed by atoms with E-state index < -0.39 is 0 Å². The van der Waals surface area contributed by atoms with Gasteiger partial charge in [-0.15, -0.1) is 0 Å². The monoisotopic (exact) mass is 234 g/mol. The van der Waals surface area contributed by atoms with Crippen LogP contribution in [0.4, 0.5) is 5.82 Å². The Hall–Kier alpha value is -1.98. The summed E-state index contributed by atoms with van der Waals surface area (Å²) in [5.41, 5.74) is 7.57. The summed E-state index contributed by atoms with van der Waals surface area (Å²) in [6.07, 6.45) is 3.68. The van der Waals surface area contributed by atoms with E-state index in [0.717, 1.165) is 17.9 Å². The second kappa shape index (κ2) is 4.12. The molecule has 0 amide bonds. The molecule has 0 unspecified atom stereocenters. The molecule has 0 saturated heterocycles. The highest BCUT2D eigenvalue weighted by atomic mass is 15.4. The lowest BCUT2D eigenvalue weighted by Gasteiger charge is -2.04. The van der Waals surface area contributed by atoms with E-state index in [1.54, 1.807) is 6.20 Å². The molecule has 2 aromatic rings. The molecule has 2 heterocycles. The fraction of sp³-hybridized carbons (Fsp3) is 0.455. The Morgan fingerprint density at radius 2 is 2.12 bits per heavy atom. The minimum absolute atomic E-state index is 0.234. The molecular formula is C11H18N6. The normalized spacial score (nSPS) is 11.3. The van der Waals surface area contributed by atoms with E-state index >= 15 is 0 Å². The van der Waals surface area contributed by atoms with Gasteiger partial charge in [-0.1, -0.05) is 13.8 Å². The smallest absolute Gasteiger partial charge is 0.150 e. The van der Waals surface area contributed by atoms with Crippen molar-refractivity contribution in [1.82, 2.24) is 19.4 Å². The number of hydrogen-bond acceptors (Lipinski definition) is 4. The van der Waals surface area contributed by atoms with Gasteiger partial charge in [-0.2, -0.15) is 5.10 Å². The molecule has 17 heavy (non-hydrogen) atoms. The molecule has 2 aromatic heterocycles. The molecular weight excluding hydrogens is 216 g/mol. The van der Waals surface area contributed by atoms with E-state index in [1.807, 2.05) is 31.6 Å². The quantitative estimate of drug-likeness (QED) is 0.781. The predicted molar refractivity (Wildman–Crippen MR) is 67.8 cm³/mol. The summed E-state index contributed by atoms with van der Waals surface area (Å²) in [4.78, 5) is 4.49.